The van der Waals surface area contributed by atoms with Crippen LogP contribution in [0.2, 0.25) is 0 Å². The average molecular weight is 144 g/mol. The fourth-order valence-electron chi connectivity index (χ4n) is 1.59. The van der Waals surface area contributed by atoms with Crippen LogP contribution in [0.15, 0.2) is 0 Å². The Hall–Kier alpha value is -0.0800. The molecular formula is C8H16O2. The van der Waals surface area contributed by atoms with E-state index in [2.05, 4.69) is 6.92 Å². The number of ether oxygens (including phenoxy) is 1. The Morgan fingerprint density at radius 1 is 1.40 bits per heavy atom. The minimum atomic E-state index is -0.124. The molecule has 1 N–H and O–H groups in total. The van der Waals surface area contributed by atoms with E-state index in [0.717, 1.165) is 19.3 Å². The van der Waals surface area contributed by atoms with Crippen LogP contribution in [0.1, 0.15) is 26.2 Å². The van der Waals surface area contributed by atoms with E-state index in [4.69, 9.17) is 4.74 Å². The minimum Gasteiger partial charge on any atom is -0.393 e. The Labute approximate surface area is 62.2 Å². The van der Waals surface area contributed by atoms with Gasteiger partial charge >= 0.3 is 0 Å². The smallest absolute Gasteiger partial charge is 0.0621 e. The van der Waals surface area contributed by atoms with Gasteiger partial charge in [0.25, 0.3) is 0 Å². The summed E-state index contributed by atoms with van der Waals surface area (Å²) in [5.41, 5.74) is 0. The van der Waals surface area contributed by atoms with E-state index in [1.807, 2.05) is 0 Å². The Morgan fingerprint density at radius 3 is 2.60 bits per heavy atom. The van der Waals surface area contributed by atoms with Crippen LogP contribution in [-0.2, 0) is 4.74 Å². The molecule has 2 nitrogen and oxygen atoms in total. The Balaban J connectivity index is 2.38. The Morgan fingerprint density at radius 2 is 2.10 bits per heavy atom. The summed E-state index contributed by atoms with van der Waals surface area (Å²) in [6, 6.07) is 0. The van der Waals surface area contributed by atoms with Gasteiger partial charge in [0.2, 0.25) is 0 Å². The monoisotopic (exact) mass is 144 g/mol. The molecule has 60 valence electrons. The summed E-state index contributed by atoms with van der Waals surface area (Å²) in [7, 11) is 1.72. The van der Waals surface area contributed by atoms with E-state index in [1.54, 1.807) is 7.11 Å². The third kappa shape index (κ3) is 1.70. The van der Waals surface area contributed by atoms with Crippen LogP contribution in [0.25, 0.3) is 0 Å². The molecule has 1 fully saturated rings. The number of rotatable bonds is 1. The van der Waals surface area contributed by atoms with Gasteiger partial charge in [0.15, 0.2) is 0 Å². The van der Waals surface area contributed by atoms with E-state index in [0.29, 0.717) is 5.92 Å². The Kier molecular flexibility index (Phi) is 2.69. The standard InChI is InChI=1S/C8H16O2/c1-6-3-4-7(9)5-8(6)10-2/h6-9H,3-5H2,1-2H3. The zero-order valence-electron chi connectivity index (χ0n) is 6.71. The quantitative estimate of drug-likeness (QED) is 0.599. The van der Waals surface area contributed by atoms with Crippen LogP contribution in [0.4, 0.5) is 0 Å². The fourth-order valence-corrected chi connectivity index (χ4v) is 1.59. The molecular weight excluding hydrogens is 128 g/mol. The van der Waals surface area contributed by atoms with Crippen molar-refractivity contribution in [2.75, 3.05) is 7.11 Å². The normalized spacial score (nSPS) is 41.7. The summed E-state index contributed by atoms with van der Waals surface area (Å²) >= 11 is 0. The molecule has 3 unspecified atom stereocenters. The van der Waals surface area contributed by atoms with Crippen molar-refractivity contribution >= 4 is 0 Å². The van der Waals surface area contributed by atoms with Gasteiger partial charge in [-0.25, -0.2) is 0 Å². The second-order valence-electron chi connectivity index (χ2n) is 3.22. The summed E-state index contributed by atoms with van der Waals surface area (Å²) in [5, 5.41) is 9.25. The highest BCUT2D eigenvalue weighted by molar-refractivity contribution is 4.77. The molecule has 0 aromatic rings. The van der Waals surface area contributed by atoms with Crippen molar-refractivity contribution in [3.63, 3.8) is 0 Å². The molecule has 0 aromatic heterocycles. The maximum absolute atomic E-state index is 9.25. The van der Waals surface area contributed by atoms with Gasteiger partial charge in [0.1, 0.15) is 0 Å². The summed E-state index contributed by atoms with van der Waals surface area (Å²) < 4.78 is 5.21. The molecule has 0 radical (unpaired) electrons. The molecule has 10 heavy (non-hydrogen) atoms. The van der Waals surface area contributed by atoms with Crippen LogP contribution in [0.5, 0.6) is 0 Å². The van der Waals surface area contributed by atoms with Gasteiger partial charge in [-0.3, -0.25) is 0 Å². The molecule has 0 heterocycles. The summed E-state index contributed by atoms with van der Waals surface area (Å²) in [5.74, 6) is 0.619. The van der Waals surface area contributed by atoms with Gasteiger partial charge in [0.05, 0.1) is 12.2 Å². The molecule has 0 amide bonds. The van der Waals surface area contributed by atoms with Gasteiger partial charge in [-0.1, -0.05) is 6.92 Å². The van der Waals surface area contributed by atoms with Gasteiger partial charge in [-0.15, -0.1) is 0 Å². The molecule has 0 bridgehead atoms. The minimum absolute atomic E-state index is 0.124. The molecule has 1 aliphatic carbocycles. The second kappa shape index (κ2) is 3.35. The van der Waals surface area contributed by atoms with E-state index in [1.165, 1.54) is 0 Å². The topological polar surface area (TPSA) is 29.5 Å². The van der Waals surface area contributed by atoms with Crippen molar-refractivity contribution in [1.29, 1.82) is 0 Å². The lowest BCUT2D eigenvalue weighted by Gasteiger charge is -2.30. The molecule has 0 spiro atoms. The third-order valence-corrected chi connectivity index (χ3v) is 2.40. The number of hydrogen-bond donors (Lipinski definition) is 1. The lowest BCUT2D eigenvalue weighted by atomic mass is 9.86. The molecule has 0 aromatic carbocycles. The van der Waals surface area contributed by atoms with Crippen molar-refractivity contribution in [1.82, 2.24) is 0 Å². The maximum atomic E-state index is 9.25. The van der Waals surface area contributed by atoms with E-state index in [9.17, 15) is 5.11 Å². The van der Waals surface area contributed by atoms with Gasteiger partial charge in [0, 0.05) is 7.11 Å². The van der Waals surface area contributed by atoms with Crippen molar-refractivity contribution in [3.8, 4) is 0 Å². The molecule has 2 heteroatoms. The summed E-state index contributed by atoms with van der Waals surface area (Å²) in [4.78, 5) is 0. The number of hydrogen-bond acceptors (Lipinski definition) is 2. The van der Waals surface area contributed by atoms with Crippen molar-refractivity contribution in [3.05, 3.63) is 0 Å². The predicted molar refractivity (Wildman–Crippen MR) is 39.8 cm³/mol. The van der Waals surface area contributed by atoms with Crippen LogP contribution < -0.4 is 0 Å². The predicted octanol–water partition coefficient (Wildman–Crippen LogP) is 1.18. The lowest BCUT2D eigenvalue weighted by Crippen LogP contribution is -2.31. The number of aliphatic hydroxyl groups is 1. The molecule has 0 saturated heterocycles. The second-order valence-corrected chi connectivity index (χ2v) is 3.22. The fraction of sp³-hybridized carbons (Fsp3) is 1.00. The molecule has 1 rings (SSSR count). The van der Waals surface area contributed by atoms with Crippen LogP contribution in [0, 0.1) is 5.92 Å². The van der Waals surface area contributed by atoms with Crippen LogP contribution in [-0.4, -0.2) is 24.4 Å². The summed E-state index contributed by atoms with van der Waals surface area (Å²) in [6.45, 7) is 2.18. The van der Waals surface area contributed by atoms with Crippen LogP contribution >= 0.6 is 0 Å². The first-order valence-corrected chi connectivity index (χ1v) is 3.95. The van der Waals surface area contributed by atoms with E-state index < -0.39 is 0 Å². The molecule has 1 saturated carbocycles. The zero-order chi connectivity index (χ0) is 7.56. The highest BCUT2D eigenvalue weighted by Gasteiger charge is 2.25. The first kappa shape index (κ1) is 8.02. The zero-order valence-corrected chi connectivity index (χ0v) is 6.71. The SMILES string of the molecule is COC1CC(O)CCC1C. The van der Waals surface area contributed by atoms with E-state index in [-0.39, 0.29) is 12.2 Å². The molecule has 0 aliphatic heterocycles. The number of aliphatic hydroxyl groups excluding tert-OH is 1. The van der Waals surface area contributed by atoms with Crippen molar-refractivity contribution < 1.29 is 9.84 Å². The summed E-state index contributed by atoms with van der Waals surface area (Å²) in [6.07, 6.45) is 3.02. The van der Waals surface area contributed by atoms with Crippen molar-refractivity contribution in [2.45, 2.75) is 38.4 Å². The number of methoxy groups -OCH3 is 1. The highest BCUT2D eigenvalue weighted by Crippen LogP contribution is 2.25. The van der Waals surface area contributed by atoms with Crippen LogP contribution in [0.3, 0.4) is 0 Å². The van der Waals surface area contributed by atoms with Crippen molar-refractivity contribution in [2.24, 2.45) is 5.92 Å². The third-order valence-electron chi connectivity index (χ3n) is 2.40. The highest BCUT2D eigenvalue weighted by atomic mass is 16.5. The largest absolute Gasteiger partial charge is 0.393 e. The Bertz CT molecular complexity index is 103. The average Bonchev–Trinajstić information content (AvgIpc) is 1.94. The van der Waals surface area contributed by atoms with Gasteiger partial charge in [-0.2, -0.15) is 0 Å². The molecule has 3 atom stereocenters. The molecule has 1 aliphatic rings. The maximum Gasteiger partial charge on any atom is 0.0621 e. The lowest BCUT2D eigenvalue weighted by molar-refractivity contribution is -0.0203. The van der Waals surface area contributed by atoms with Gasteiger partial charge < -0.3 is 9.84 Å². The van der Waals surface area contributed by atoms with E-state index >= 15 is 0 Å². The van der Waals surface area contributed by atoms with Gasteiger partial charge in [-0.05, 0) is 25.2 Å². The first-order valence-electron chi connectivity index (χ1n) is 3.95. The first-order chi connectivity index (χ1) is 4.74.